The van der Waals surface area contributed by atoms with Crippen LogP contribution in [0.1, 0.15) is 11.1 Å². The van der Waals surface area contributed by atoms with Gasteiger partial charge in [0, 0.05) is 33.2 Å². The standard InChI is InChI=1S/C21H17FN4O2S2/c22-17-6-9-19(10-7-17)30-20-11-8-18(26(27)28)12-16(20)13-24-25-21(23)29-14-15-4-2-1-3-5-15/h1-13H,14H2,(H2,23,25). The highest BCUT2D eigenvalue weighted by atomic mass is 32.2. The van der Waals surface area contributed by atoms with E-state index in [2.05, 4.69) is 10.2 Å². The first-order valence-corrected chi connectivity index (χ1v) is 10.6. The molecule has 9 heteroatoms. The quantitative estimate of drug-likeness (QED) is 0.228. The van der Waals surface area contributed by atoms with Crippen molar-refractivity contribution in [2.45, 2.75) is 15.5 Å². The summed E-state index contributed by atoms with van der Waals surface area (Å²) in [5, 5.41) is 19.4. The van der Waals surface area contributed by atoms with Gasteiger partial charge in [0.15, 0.2) is 5.17 Å². The third kappa shape index (κ3) is 6.43. The summed E-state index contributed by atoms with van der Waals surface area (Å²) in [4.78, 5) is 12.2. The third-order valence-corrected chi connectivity index (χ3v) is 5.78. The van der Waals surface area contributed by atoms with Crippen LogP contribution in [0.4, 0.5) is 10.1 Å². The monoisotopic (exact) mass is 440 g/mol. The molecule has 3 aromatic rings. The molecule has 0 aliphatic carbocycles. The highest BCUT2D eigenvalue weighted by molar-refractivity contribution is 8.13. The summed E-state index contributed by atoms with van der Waals surface area (Å²) in [7, 11) is 0. The van der Waals surface area contributed by atoms with Gasteiger partial charge in [-0.25, -0.2) is 4.39 Å². The largest absolute Gasteiger partial charge is 0.377 e. The zero-order valence-corrected chi connectivity index (χ0v) is 17.3. The number of nitrogens with zero attached hydrogens (tertiary/aromatic N) is 3. The second-order valence-electron chi connectivity index (χ2n) is 5.99. The minimum absolute atomic E-state index is 0.0599. The van der Waals surface area contributed by atoms with E-state index in [0.717, 1.165) is 15.4 Å². The maximum atomic E-state index is 13.1. The summed E-state index contributed by atoms with van der Waals surface area (Å²) in [5.74, 6) is 0.330. The van der Waals surface area contributed by atoms with Crippen LogP contribution in [-0.4, -0.2) is 16.3 Å². The van der Waals surface area contributed by atoms with Crippen LogP contribution in [0.25, 0.3) is 0 Å². The first kappa shape index (κ1) is 21.5. The van der Waals surface area contributed by atoms with E-state index in [1.165, 1.54) is 54.0 Å². The van der Waals surface area contributed by atoms with Crippen LogP contribution in [0.5, 0.6) is 0 Å². The van der Waals surface area contributed by atoms with Crippen molar-refractivity contribution in [1.82, 2.24) is 0 Å². The predicted octanol–water partition coefficient (Wildman–Crippen LogP) is 5.47. The lowest BCUT2D eigenvalue weighted by atomic mass is 10.2. The van der Waals surface area contributed by atoms with Crippen LogP contribution >= 0.6 is 23.5 Å². The highest BCUT2D eigenvalue weighted by Crippen LogP contribution is 2.32. The summed E-state index contributed by atoms with van der Waals surface area (Å²) in [6.07, 6.45) is 1.43. The average Bonchev–Trinajstić information content (AvgIpc) is 2.75. The van der Waals surface area contributed by atoms with Gasteiger partial charge in [0.1, 0.15) is 5.82 Å². The van der Waals surface area contributed by atoms with E-state index in [4.69, 9.17) is 5.73 Å². The van der Waals surface area contributed by atoms with E-state index in [9.17, 15) is 14.5 Å². The molecule has 0 bridgehead atoms. The lowest BCUT2D eigenvalue weighted by Crippen LogP contribution is -2.06. The van der Waals surface area contributed by atoms with Crippen molar-refractivity contribution in [2.75, 3.05) is 0 Å². The molecular formula is C21H17FN4O2S2. The minimum Gasteiger partial charge on any atom is -0.377 e. The van der Waals surface area contributed by atoms with Crippen molar-refractivity contribution in [3.63, 3.8) is 0 Å². The Hall–Kier alpha value is -3.17. The van der Waals surface area contributed by atoms with E-state index >= 15 is 0 Å². The molecule has 0 fully saturated rings. The van der Waals surface area contributed by atoms with Crippen LogP contribution in [0, 0.1) is 15.9 Å². The summed E-state index contributed by atoms with van der Waals surface area (Å²) >= 11 is 2.69. The fourth-order valence-corrected chi connectivity index (χ4v) is 3.88. The molecule has 0 radical (unpaired) electrons. The number of rotatable bonds is 7. The molecular weight excluding hydrogens is 423 g/mol. The Morgan fingerprint density at radius 1 is 1.10 bits per heavy atom. The number of nitro benzene ring substituents is 1. The van der Waals surface area contributed by atoms with Gasteiger partial charge in [-0.1, -0.05) is 53.9 Å². The molecule has 0 spiro atoms. The van der Waals surface area contributed by atoms with Crippen LogP contribution in [0.15, 0.2) is 92.8 Å². The normalized spacial score (nSPS) is 11.7. The Morgan fingerprint density at radius 3 is 2.53 bits per heavy atom. The van der Waals surface area contributed by atoms with Gasteiger partial charge in [0.05, 0.1) is 11.1 Å². The lowest BCUT2D eigenvalue weighted by Gasteiger charge is -2.05. The molecule has 3 rings (SSSR count). The van der Waals surface area contributed by atoms with Gasteiger partial charge < -0.3 is 5.73 Å². The lowest BCUT2D eigenvalue weighted by molar-refractivity contribution is -0.384. The second kappa shape index (κ2) is 10.6. The van der Waals surface area contributed by atoms with E-state index in [1.807, 2.05) is 30.3 Å². The van der Waals surface area contributed by atoms with Gasteiger partial charge in [-0.15, -0.1) is 5.10 Å². The number of hydrogen-bond donors (Lipinski definition) is 1. The minimum atomic E-state index is -0.475. The van der Waals surface area contributed by atoms with Gasteiger partial charge >= 0.3 is 0 Å². The van der Waals surface area contributed by atoms with E-state index < -0.39 is 4.92 Å². The molecule has 152 valence electrons. The number of halogens is 1. The number of thioether (sulfide) groups is 1. The van der Waals surface area contributed by atoms with Crippen LogP contribution in [0.2, 0.25) is 0 Å². The molecule has 3 aromatic carbocycles. The van der Waals surface area contributed by atoms with Gasteiger partial charge in [-0.3, -0.25) is 10.1 Å². The molecule has 0 heterocycles. The molecule has 0 aliphatic heterocycles. The van der Waals surface area contributed by atoms with E-state index in [0.29, 0.717) is 11.3 Å². The molecule has 30 heavy (non-hydrogen) atoms. The number of nitrogens with two attached hydrogens (primary N) is 1. The van der Waals surface area contributed by atoms with Crippen molar-refractivity contribution in [2.24, 2.45) is 15.9 Å². The molecule has 2 N–H and O–H groups in total. The van der Waals surface area contributed by atoms with E-state index in [1.54, 1.807) is 18.2 Å². The molecule has 0 aromatic heterocycles. The first-order chi connectivity index (χ1) is 14.5. The average molecular weight is 441 g/mol. The number of non-ortho nitro benzene ring substituents is 1. The van der Waals surface area contributed by atoms with Crippen molar-refractivity contribution >= 4 is 40.6 Å². The summed E-state index contributed by atoms with van der Waals surface area (Å²) in [6, 6.07) is 20.3. The zero-order valence-electron chi connectivity index (χ0n) is 15.6. The summed E-state index contributed by atoms with van der Waals surface area (Å²) < 4.78 is 13.1. The SMILES string of the molecule is NC(=NN=Cc1cc([N+](=O)[O-])ccc1Sc1ccc(F)cc1)SCc1ccccc1. The molecule has 0 amide bonds. The number of nitro groups is 1. The Bertz CT molecular complexity index is 1070. The summed E-state index contributed by atoms with van der Waals surface area (Å²) in [5.41, 5.74) is 7.46. The fourth-order valence-electron chi connectivity index (χ4n) is 2.38. The smallest absolute Gasteiger partial charge is 0.270 e. The molecule has 0 unspecified atom stereocenters. The second-order valence-corrected chi connectivity index (χ2v) is 8.10. The molecule has 0 saturated carbocycles. The van der Waals surface area contributed by atoms with Gasteiger partial charge in [0.25, 0.3) is 5.69 Å². The van der Waals surface area contributed by atoms with Gasteiger partial charge in [0.2, 0.25) is 0 Å². The molecule has 0 atom stereocenters. The first-order valence-electron chi connectivity index (χ1n) is 8.76. The topological polar surface area (TPSA) is 93.9 Å². The van der Waals surface area contributed by atoms with Crippen LogP contribution < -0.4 is 5.73 Å². The van der Waals surface area contributed by atoms with Crippen molar-refractivity contribution in [3.05, 3.63) is 99.9 Å². The molecule has 6 nitrogen and oxygen atoms in total. The van der Waals surface area contributed by atoms with Gasteiger partial charge in [-0.05, 0) is 35.9 Å². The maximum absolute atomic E-state index is 13.1. The number of benzene rings is 3. The highest BCUT2D eigenvalue weighted by Gasteiger charge is 2.11. The third-order valence-electron chi connectivity index (χ3n) is 3.83. The van der Waals surface area contributed by atoms with Crippen molar-refractivity contribution < 1.29 is 9.31 Å². The molecule has 0 aliphatic rings. The Morgan fingerprint density at radius 2 is 1.83 bits per heavy atom. The maximum Gasteiger partial charge on any atom is 0.270 e. The number of hydrogen-bond acceptors (Lipinski definition) is 6. The Labute approximate surface area is 181 Å². The van der Waals surface area contributed by atoms with Gasteiger partial charge in [-0.2, -0.15) is 5.10 Å². The van der Waals surface area contributed by atoms with Crippen molar-refractivity contribution in [3.8, 4) is 0 Å². The fraction of sp³-hybridized carbons (Fsp3) is 0.0476. The van der Waals surface area contributed by atoms with Crippen molar-refractivity contribution in [1.29, 1.82) is 0 Å². The predicted molar refractivity (Wildman–Crippen MR) is 121 cm³/mol. The number of amidine groups is 1. The molecule has 0 saturated heterocycles. The summed E-state index contributed by atoms with van der Waals surface area (Å²) in [6.45, 7) is 0. The van der Waals surface area contributed by atoms with E-state index in [-0.39, 0.29) is 16.7 Å². The van der Waals surface area contributed by atoms with Crippen LogP contribution in [-0.2, 0) is 5.75 Å². The Balaban J connectivity index is 1.75. The Kier molecular flexibility index (Phi) is 7.58. The van der Waals surface area contributed by atoms with Crippen LogP contribution in [0.3, 0.4) is 0 Å². The zero-order chi connectivity index (χ0) is 21.3.